The van der Waals surface area contributed by atoms with Crippen LogP contribution in [0, 0.1) is 16.0 Å². The van der Waals surface area contributed by atoms with Crippen LogP contribution >= 0.6 is 0 Å². The minimum atomic E-state index is -1.30. The number of nitrogens with zero attached hydrogens (tertiary/aromatic N) is 2. The molecule has 0 aromatic heterocycles. The van der Waals surface area contributed by atoms with Gasteiger partial charge in [0.05, 0.1) is 17.6 Å². The second-order valence-corrected chi connectivity index (χ2v) is 4.51. The summed E-state index contributed by atoms with van der Waals surface area (Å²) in [5, 5.41) is 13.1. The van der Waals surface area contributed by atoms with Crippen molar-refractivity contribution in [1.82, 2.24) is 10.2 Å². The Hall–Kier alpha value is -1.37. The summed E-state index contributed by atoms with van der Waals surface area (Å²) in [5.74, 6) is -0.969. The lowest BCUT2D eigenvalue weighted by atomic mass is 10.1. The van der Waals surface area contributed by atoms with Gasteiger partial charge in [0.15, 0.2) is 0 Å². The number of rotatable bonds is 3. The predicted molar refractivity (Wildman–Crippen MR) is 58.2 cm³/mol. The Morgan fingerprint density at radius 3 is 3.12 bits per heavy atom. The van der Waals surface area contributed by atoms with Crippen molar-refractivity contribution in [3.63, 3.8) is 0 Å². The molecule has 0 aromatic carbocycles. The zero-order chi connectivity index (χ0) is 12.4. The lowest BCUT2D eigenvalue weighted by Crippen LogP contribution is -2.29. The largest absolute Gasteiger partial charge is 0.460 e. The van der Waals surface area contributed by atoms with Gasteiger partial charge in [-0.1, -0.05) is 0 Å². The topological polar surface area (TPSA) is 67.6 Å². The molecule has 2 saturated heterocycles. The summed E-state index contributed by atoms with van der Waals surface area (Å²) in [6.45, 7) is 4.39. The molecule has 0 saturated carbocycles. The van der Waals surface area contributed by atoms with E-state index in [-0.39, 0.29) is 11.9 Å². The highest BCUT2D eigenvalue weighted by molar-refractivity contribution is 5.05. The van der Waals surface area contributed by atoms with Gasteiger partial charge < -0.3 is 15.0 Å². The van der Waals surface area contributed by atoms with E-state index in [1.165, 1.54) is 0 Å². The summed E-state index contributed by atoms with van der Waals surface area (Å²) >= 11 is 0. The number of hydrogen-bond donors (Lipinski definition) is 1. The van der Waals surface area contributed by atoms with Crippen molar-refractivity contribution in [3.05, 3.63) is 21.9 Å². The van der Waals surface area contributed by atoms with E-state index >= 15 is 0 Å². The first-order valence-corrected chi connectivity index (χ1v) is 5.72. The van der Waals surface area contributed by atoms with Gasteiger partial charge in [-0.2, -0.15) is 0 Å². The van der Waals surface area contributed by atoms with E-state index in [4.69, 9.17) is 4.74 Å². The first kappa shape index (κ1) is 12.1. The molecule has 2 heterocycles. The Morgan fingerprint density at radius 2 is 2.53 bits per heavy atom. The maximum Gasteiger partial charge on any atom is 0.460 e. The summed E-state index contributed by atoms with van der Waals surface area (Å²) in [7, 11) is 0. The third-order valence-electron chi connectivity index (χ3n) is 3.11. The quantitative estimate of drug-likeness (QED) is 0.450. The molecule has 0 radical (unpaired) electrons. The van der Waals surface area contributed by atoms with Gasteiger partial charge in [-0.15, -0.1) is 4.39 Å². The molecule has 2 aliphatic rings. The van der Waals surface area contributed by atoms with Gasteiger partial charge in [0, 0.05) is 25.6 Å². The molecule has 0 spiro atoms. The second-order valence-electron chi connectivity index (χ2n) is 4.51. The smallest absolute Gasteiger partial charge is 0.378 e. The Kier molecular flexibility index (Phi) is 3.46. The van der Waals surface area contributed by atoms with Crippen LogP contribution in [0.2, 0.25) is 0 Å². The summed E-state index contributed by atoms with van der Waals surface area (Å²) < 4.78 is 18.7. The zero-order valence-corrected chi connectivity index (χ0v) is 9.69. The monoisotopic (exact) mass is 245 g/mol. The third kappa shape index (κ3) is 2.66. The van der Waals surface area contributed by atoms with Crippen molar-refractivity contribution < 1.29 is 14.1 Å². The van der Waals surface area contributed by atoms with Crippen molar-refractivity contribution in [3.8, 4) is 0 Å². The summed E-state index contributed by atoms with van der Waals surface area (Å²) in [5.41, 5.74) is 0. The van der Waals surface area contributed by atoms with Gasteiger partial charge in [-0.25, -0.2) is 0 Å². The van der Waals surface area contributed by atoms with Crippen LogP contribution in [0.5, 0.6) is 0 Å². The molecule has 2 unspecified atom stereocenters. The summed E-state index contributed by atoms with van der Waals surface area (Å²) in [6, 6.07) is 0. The van der Waals surface area contributed by atoms with Crippen molar-refractivity contribution >= 4 is 0 Å². The molecule has 7 heteroatoms. The molecule has 0 amide bonds. The number of hydrogen-bond acceptors (Lipinski definition) is 5. The molecule has 17 heavy (non-hydrogen) atoms. The molecule has 6 nitrogen and oxygen atoms in total. The van der Waals surface area contributed by atoms with E-state index in [2.05, 4.69) is 5.32 Å². The lowest BCUT2D eigenvalue weighted by Gasteiger charge is -2.20. The molecule has 2 aliphatic heterocycles. The van der Waals surface area contributed by atoms with Crippen molar-refractivity contribution in [2.75, 3.05) is 26.2 Å². The highest BCUT2D eigenvalue weighted by Gasteiger charge is 2.31. The molecular formula is C10H16FN3O3. The summed E-state index contributed by atoms with van der Waals surface area (Å²) in [4.78, 5) is 11.1. The van der Waals surface area contributed by atoms with Crippen LogP contribution in [-0.2, 0) is 4.74 Å². The molecule has 2 atom stereocenters. The molecule has 2 rings (SSSR count). The predicted octanol–water partition coefficient (Wildman–Crippen LogP) is 0.689. The number of halogens is 1. The number of nitrogens with one attached hydrogen (secondary N) is 1. The molecule has 96 valence electrons. The van der Waals surface area contributed by atoms with Crippen LogP contribution in [0.3, 0.4) is 0 Å². The lowest BCUT2D eigenvalue weighted by molar-refractivity contribution is -0.449. The number of nitro groups is 1. The van der Waals surface area contributed by atoms with Crippen LogP contribution in [0.25, 0.3) is 0 Å². The first-order valence-electron chi connectivity index (χ1n) is 5.72. The number of ether oxygens (including phenoxy) is 1. The normalized spacial score (nSPS) is 31.5. The fourth-order valence-corrected chi connectivity index (χ4v) is 2.35. The molecule has 2 fully saturated rings. The maximum absolute atomic E-state index is 13.3. The first-order chi connectivity index (χ1) is 8.08. The second kappa shape index (κ2) is 4.87. The fraction of sp³-hybridized carbons (Fsp3) is 0.800. The van der Waals surface area contributed by atoms with E-state index in [9.17, 15) is 14.5 Å². The molecule has 0 aromatic rings. The average Bonchev–Trinajstić information content (AvgIpc) is 2.87. The van der Waals surface area contributed by atoms with E-state index in [0.717, 1.165) is 6.42 Å². The van der Waals surface area contributed by atoms with Gasteiger partial charge in [0.2, 0.25) is 5.82 Å². The molecule has 0 aliphatic carbocycles. The molecular weight excluding hydrogens is 229 g/mol. The van der Waals surface area contributed by atoms with Crippen molar-refractivity contribution in [2.45, 2.75) is 19.4 Å². The van der Waals surface area contributed by atoms with Gasteiger partial charge in [-0.3, -0.25) is 10.1 Å². The Morgan fingerprint density at radius 1 is 1.76 bits per heavy atom. The highest BCUT2D eigenvalue weighted by atomic mass is 19.1. The Balaban J connectivity index is 2.00. The van der Waals surface area contributed by atoms with Gasteiger partial charge in [0.25, 0.3) is 0 Å². The maximum atomic E-state index is 13.3. The van der Waals surface area contributed by atoms with Crippen LogP contribution < -0.4 is 5.32 Å². The van der Waals surface area contributed by atoms with E-state index in [0.29, 0.717) is 32.2 Å². The fourth-order valence-electron chi connectivity index (χ4n) is 2.35. The zero-order valence-electron chi connectivity index (χ0n) is 9.69. The van der Waals surface area contributed by atoms with Crippen molar-refractivity contribution in [2.24, 2.45) is 5.92 Å². The van der Waals surface area contributed by atoms with Gasteiger partial charge >= 0.3 is 5.95 Å². The third-order valence-corrected chi connectivity index (χ3v) is 3.11. The van der Waals surface area contributed by atoms with E-state index < -0.39 is 10.9 Å². The standard InChI is InChI=1S/C10H16FN3O3/c1-7-4-8(6-17-7)5-13-3-2-12-10(13)9(11)14(15)16/h7-8,12H,2-6H2,1H3. The Bertz CT molecular complexity index is 348. The van der Waals surface area contributed by atoms with E-state index in [1.807, 2.05) is 6.92 Å². The molecule has 0 bridgehead atoms. The minimum absolute atomic E-state index is 0.00885. The SMILES string of the molecule is CC1CC(CN2CCNC2=C(F)[N+](=O)[O-])CO1. The van der Waals surface area contributed by atoms with Crippen LogP contribution in [0.1, 0.15) is 13.3 Å². The summed E-state index contributed by atoms with van der Waals surface area (Å²) in [6.07, 6.45) is 1.15. The average molecular weight is 245 g/mol. The van der Waals surface area contributed by atoms with Gasteiger partial charge in [-0.05, 0) is 13.3 Å². The molecule has 1 N–H and O–H groups in total. The minimum Gasteiger partial charge on any atom is -0.378 e. The van der Waals surface area contributed by atoms with E-state index in [1.54, 1.807) is 4.90 Å². The highest BCUT2D eigenvalue weighted by Crippen LogP contribution is 2.23. The van der Waals surface area contributed by atoms with Gasteiger partial charge in [0.1, 0.15) is 0 Å². The van der Waals surface area contributed by atoms with Crippen LogP contribution in [0.4, 0.5) is 4.39 Å². The Labute approximate surface area is 98.6 Å². The van der Waals surface area contributed by atoms with Crippen molar-refractivity contribution in [1.29, 1.82) is 0 Å². The van der Waals surface area contributed by atoms with Crippen LogP contribution in [0.15, 0.2) is 11.8 Å². The van der Waals surface area contributed by atoms with Crippen LogP contribution in [-0.4, -0.2) is 42.2 Å².